The number of anilines is 1. The molecule has 0 spiro atoms. The average Bonchev–Trinajstić information content (AvgIpc) is 2.51. The molecule has 0 saturated carbocycles. The Kier molecular flexibility index (Phi) is 5.07. The summed E-state index contributed by atoms with van der Waals surface area (Å²) in [6.45, 7) is 1.61. The number of aromatic nitrogens is 1. The number of pyridine rings is 1. The van der Waals surface area contributed by atoms with Crippen molar-refractivity contribution in [1.82, 2.24) is 4.98 Å². The van der Waals surface area contributed by atoms with E-state index in [2.05, 4.69) is 10.3 Å². The fourth-order valence-electron chi connectivity index (χ4n) is 1.61. The molecule has 1 aromatic carbocycles. The summed E-state index contributed by atoms with van der Waals surface area (Å²) in [6.07, 6.45) is 1.47. The van der Waals surface area contributed by atoms with Gasteiger partial charge in [-0.25, -0.2) is 13.8 Å². The molecule has 22 heavy (non-hydrogen) atoms. The van der Waals surface area contributed by atoms with E-state index in [4.69, 9.17) is 5.26 Å². The van der Waals surface area contributed by atoms with Gasteiger partial charge in [0.1, 0.15) is 11.6 Å². The molecule has 1 unspecified atom stereocenters. The SMILES string of the molecule is CC(Sc1cc(C#N)ccn1)C(=O)Nc1cc(F)ccc1F. The molecule has 7 heteroatoms. The monoisotopic (exact) mass is 319 g/mol. The highest BCUT2D eigenvalue weighted by Crippen LogP contribution is 2.23. The molecule has 1 N–H and O–H groups in total. The lowest BCUT2D eigenvalue weighted by molar-refractivity contribution is -0.115. The van der Waals surface area contributed by atoms with E-state index in [1.54, 1.807) is 19.1 Å². The van der Waals surface area contributed by atoms with Crippen LogP contribution in [0.4, 0.5) is 14.5 Å². The van der Waals surface area contributed by atoms with Crippen LogP contribution < -0.4 is 5.32 Å². The molecule has 0 aliphatic carbocycles. The van der Waals surface area contributed by atoms with Crippen molar-refractivity contribution in [3.63, 3.8) is 0 Å². The van der Waals surface area contributed by atoms with Crippen LogP contribution >= 0.6 is 11.8 Å². The van der Waals surface area contributed by atoms with Crippen LogP contribution in [0.5, 0.6) is 0 Å². The van der Waals surface area contributed by atoms with Crippen LogP contribution in [-0.4, -0.2) is 16.1 Å². The maximum absolute atomic E-state index is 13.5. The molecule has 112 valence electrons. The number of nitrogens with zero attached hydrogens (tertiary/aromatic N) is 2. The normalized spacial score (nSPS) is 11.5. The number of halogens is 2. The zero-order chi connectivity index (χ0) is 16.1. The molecule has 0 bridgehead atoms. The first-order valence-corrected chi connectivity index (χ1v) is 7.16. The minimum absolute atomic E-state index is 0.212. The molecule has 0 fully saturated rings. The molecule has 0 saturated heterocycles. The van der Waals surface area contributed by atoms with Gasteiger partial charge in [0.25, 0.3) is 0 Å². The van der Waals surface area contributed by atoms with Gasteiger partial charge >= 0.3 is 0 Å². The van der Waals surface area contributed by atoms with Gasteiger partial charge in [-0.1, -0.05) is 11.8 Å². The van der Waals surface area contributed by atoms with Gasteiger partial charge in [-0.3, -0.25) is 4.79 Å². The summed E-state index contributed by atoms with van der Waals surface area (Å²) in [7, 11) is 0. The van der Waals surface area contributed by atoms with Gasteiger partial charge in [0.05, 0.1) is 27.6 Å². The molecule has 2 rings (SSSR count). The Morgan fingerprint density at radius 2 is 2.14 bits per heavy atom. The lowest BCUT2D eigenvalue weighted by Crippen LogP contribution is -2.23. The number of hydrogen-bond acceptors (Lipinski definition) is 4. The predicted molar refractivity (Wildman–Crippen MR) is 79.3 cm³/mol. The van der Waals surface area contributed by atoms with Crippen molar-refractivity contribution < 1.29 is 13.6 Å². The van der Waals surface area contributed by atoms with Crippen molar-refractivity contribution >= 4 is 23.4 Å². The predicted octanol–water partition coefficient (Wildman–Crippen LogP) is 3.35. The third-order valence-corrected chi connectivity index (χ3v) is 3.75. The molecule has 1 amide bonds. The number of carbonyl (C=O) groups is 1. The molecular formula is C15H11F2N3OS. The van der Waals surface area contributed by atoms with Gasteiger partial charge in [-0.15, -0.1) is 0 Å². The number of rotatable bonds is 4. The van der Waals surface area contributed by atoms with Crippen LogP contribution in [0.25, 0.3) is 0 Å². The molecule has 0 radical (unpaired) electrons. The van der Waals surface area contributed by atoms with Crippen molar-refractivity contribution in [3.05, 3.63) is 53.7 Å². The fraction of sp³-hybridized carbons (Fsp3) is 0.133. The zero-order valence-electron chi connectivity index (χ0n) is 11.5. The number of amides is 1. The Labute approximate surface area is 130 Å². The first-order valence-electron chi connectivity index (χ1n) is 6.28. The van der Waals surface area contributed by atoms with Gasteiger partial charge in [0, 0.05) is 12.3 Å². The van der Waals surface area contributed by atoms with E-state index < -0.39 is 22.8 Å². The summed E-state index contributed by atoms with van der Waals surface area (Å²) in [5.74, 6) is -1.84. The first kappa shape index (κ1) is 15.9. The second kappa shape index (κ2) is 7.00. The van der Waals surface area contributed by atoms with Crippen molar-refractivity contribution in [1.29, 1.82) is 5.26 Å². The second-order valence-corrected chi connectivity index (χ2v) is 5.73. The quantitative estimate of drug-likeness (QED) is 0.878. The summed E-state index contributed by atoms with van der Waals surface area (Å²) < 4.78 is 26.5. The number of benzene rings is 1. The number of hydrogen-bond donors (Lipinski definition) is 1. The molecule has 1 atom stereocenters. The van der Waals surface area contributed by atoms with Crippen LogP contribution in [-0.2, 0) is 4.79 Å². The minimum Gasteiger partial charge on any atom is -0.323 e. The molecule has 1 heterocycles. The van der Waals surface area contributed by atoms with Gasteiger partial charge < -0.3 is 5.32 Å². The maximum Gasteiger partial charge on any atom is 0.237 e. The zero-order valence-corrected chi connectivity index (χ0v) is 12.3. The van der Waals surface area contributed by atoms with E-state index in [1.807, 2.05) is 6.07 Å². The minimum atomic E-state index is -0.712. The first-order chi connectivity index (χ1) is 10.5. The topological polar surface area (TPSA) is 65.8 Å². The third-order valence-electron chi connectivity index (χ3n) is 2.72. The summed E-state index contributed by atoms with van der Waals surface area (Å²) in [5.41, 5.74) is 0.220. The number of nitrogens with one attached hydrogen (secondary N) is 1. The third kappa shape index (κ3) is 4.02. The maximum atomic E-state index is 13.5. The van der Waals surface area contributed by atoms with E-state index in [1.165, 1.54) is 6.20 Å². The molecule has 2 aromatic rings. The Morgan fingerprint density at radius 3 is 2.86 bits per heavy atom. The lowest BCUT2D eigenvalue weighted by atomic mass is 10.3. The second-order valence-electron chi connectivity index (χ2n) is 4.37. The highest BCUT2D eigenvalue weighted by atomic mass is 32.2. The molecule has 4 nitrogen and oxygen atoms in total. The Balaban J connectivity index is 2.06. The van der Waals surface area contributed by atoms with Gasteiger partial charge in [-0.2, -0.15) is 5.26 Å². The summed E-state index contributed by atoms with van der Waals surface area (Å²) in [6, 6.07) is 7.92. The van der Waals surface area contributed by atoms with E-state index in [9.17, 15) is 13.6 Å². The summed E-state index contributed by atoms with van der Waals surface area (Å²) >= 11 is 1.12. The molecule has 0 aliphatic rings. The standard InChI is InChI=1S/C15H11F2N3OS/c1-9(22-14-6-10(8-18)4-5-19-14)15(21)20-13-7-11(16)2-3-12(13)17/h2-7,9H,1H3,(H,20,21). The fourth-order valence-corrected chi connectivity index (χ4v) is 2.45. The Bertz CT molecular complexity index is 746. The summed E-state index contributed by atoms with van der Waals surface area (Å²) in [4.78, 5) is 16.1. The molecule has 1 aromatic heterocycles. The highest BCUT2D eigenvalue weighted by molar-refractivity contribution is 8.00. The van der Waals surface area contributed by atoms with E-state index in [0.717, 1.165) is 30.0 Å². The summed E-state index contributed by atoms with van der Waals surface area (Å²) in [5, 5.41) is 11.1. The van der Waals surface area contributed by atoms with Crippen LogP contribution in [0.1, 0.15) is 12.5 Å². The highest BCUT2D eigenvalue weighted by Gasteiger charge is 2.17. The van der Waals surface area contributed by atoms with Crippen LogP contribution in [0.15, 0.2) is 41.6 Å². The van der Waals surface area contributed by atoms with Crippen LogP contribution in [0.3, 0.4) is 0 Å². The Morgan fingerprint density at radius 1 is 1.36 bits per heavy atom. The van der Waals surface area contributed by atoms with E-state index in [-0.39, 0.29) is 5.69 Å². The van der Waals surface area contributed by atoms with Crippen molar-refractivity contribution in [2.24, 2.45) is 0 Å². The van der Waals surface area contributed by atoms with Gasteiger partial charge in [0.2, 0.25) is 5.91 Å². The van der Waals surface area contributed by atoms with Crippen molar-refractivity contribution in [2.45, 2.75) is 17.2 Å². The van der Waals surface area contributed by atoms with E-state index >= 15 is 0 Å². The van der Waals surface area contributed by atoms with Gasteiger partial charge in [-0.05, 0) is 31.2 Å². The van der Waals surface area contributed by atoms with Crippen molar-refractivity contribution in [2.75, 3.05) is 5.32 Å². The molecular weight excluding hydrogens is 308 g/mol. The number of carbonyl (C=O) groups excluding carboxylic acids is 1. The van der Waals surface area contributed by atoms with Crippen LogP contribution in [0.2, 0.25) is 0 Å². The average molecular weight is 319 g/mol. The number of thioether (sulfide) groups is 1. The smallest absolute Gasteiger partial charge is 0.237 e. The van der Waals surface area contributed by atoms with Crippen LogP contribution in [0, 0.1) is 23.0 Å². The molecule has 0 aliphatic heterocycles. The Hall–Kier alpha value is -2.46. The van der Waals surface area contributed by atoms with Gasteiger partial charge in [0.15, 0.2) is 0 Å². The van der Waals surface area contributed by atoms with Crippen molar-refractivity contribution in [3.8, 4) is 6.07 Å². The van der Waals surface area contributed by atoms with E-state index in [0.29, 0.717) is 10.6 Å². The lowest BCUT2D eigenvalue weighted by Gasteiger charge is -2.12. The largest absolute Gasteiger partial charge is 0.323 e. The number of nitriles is 1.